The van der Waals surface area contributed by atoms with Crippen LogP contribution in [0.5, 0.6) is 0 Å². The Morgan fingerprint density at radius 1 is 0.963 bits per heavy atom. The Labute approximate surface area is 162 Å². The van der Waals surface area contributed by atoms with E-state index >= 15 is 0 Å². The highest BCUT2D eigenvalue weighted by atomic mass is 35.5. The Kier molecular flexibility index (Phi) is 3.83. The third kappa shape index (κ3) is 2.84. The molecule has 0 radical (unpaired) electrons. The SMILES string of the molecule is O=C1c2ccccc2CCC1c1ccc2nc(-c3ccc(Cl)cc3)cn2c1. The van der Waals surface area contributed by atoms with Crippen molar-refractivity contribution in [3.8, 4) is 11.3 Å². The molecule has 0 N–H and O–H groups in total. The number of carbonyl (C=O) groups is 1. The predicted octanol–water partition coefficient (Wildman–Crippen LogP) is 5.57. The second-order valence-corrected chi connectivity index (χ2v) is 7.41. The average molecular weight is 373 g/mol. The first-order valence-corrected chi connectivity index (χ1v) is 9.43. The molecule has 4 aromatic rings. The minimum absolute atomic E-state index is 0.0920. The van der Waals surface area contributed by atoms with Gasteiger partial charge in [0.1, 0.15) is 5.65 Å². The van der Waals surface area contributed by atoms with Gasteiger partial charge in [0.2, 0.25) is 0 Å². The molecule has 0 amide bonds. The van der Waals surface area contributed by atoms with E-state index in [4.69, 9.17) is 11.6 Å². The molecule has 1 atom stereocenters. The van der Waals surface area contributed by atoms with Gasteiger partial charge < -0.3 is 4.40 Å². The lowest BCUT2D eigenvalue weighted by Crippen LogP contribution is -2.21. The minimum Gasteiger partial charge on any atom is -0.306 e. The maximum Gasteiger partial charge on any atom is 0.170 e. The number of pyridine rings is 1. The molecule has 0 saturated carbocycles. The van der Waals surface area contributed by atoms with Crippen LogP contribution in [0.25, 0.3) is 16.9 Å². The highest BCUT2D eigenvalue weighted by molar-refractivity contribution is 6.30. The van der Waals surface area contributed by atoms with Crippen molar-refractivity contribution >= 4 is 23.0 Å². The summed E-state index contributed by atoms with van der Waals surface area (Å²) in [5.74, 6) is 0.125. The number of aromatic nitrogens is 2. The van der Waals surface area contributed by atoms with Gasteiger partial charge in [-0.05, 0) is 42.2 Å². The Balaban J connectivity index is 1.52. The molecular formula is C23H17ClN2O. The molecule has 0 saturated heterocycles. The molecule has 2 aromatic heterocycles. The number of halogens is 1. The summed E-state index contributed by atoms with van der Waals surface area (Å²) in [5.41, 5.74) is 5.85. The van der Waals surface area contributed by atoms with E-state index in [-0.39, 0.29) is 11.7 Å². The third-order valence-electron chi connectivity index (χ3n) is 5.32. The molecule has 27 heavy (non-hydrogen) atoms. The Morgan fingerprint density at radius 2 is 1.78 bits per heavy atom. The van der Waals surface area contributed by atoms with Crippen molar-refractivity contribution in [1.82, 2.24) is 9.38 Å². The van der Waals surface area contributed by atoms with Gasteiger partial charge in [-0.1, -0.05) is 54.1 Å². The van der Waals surface area contributed by atoms with Crippen LogP contribution in [-0.2, 0) is 6.42 Å². The van der Waals surface area contributed by atoms with Crippen molar-refractivity contribution in [3.63, 3.8) is 0 Å². The first kappa shape index (κ1) is 16.3. The van der Waals surface area contributed by atoms with E-state index in [0.29, 0.717) is 5.02 Å². The molecule has 1 aliphatic carbocycles. The van der Waals surface area contributed by atoms with Crippen LogP contribution in [0.1, 0.15) is 33.8 Å². The number of carbonyl (C=O) groups excluding carboxylic acids is 1. The molecule has 0 bridgehead atoms. The highest BCUT2D eigenvalue weighted by Gasteiger charge is 2.28. The topological polar surface area (TPSA) is 34.4 Å². The number of hydrogen-bond acceptors (Lipinski definition) is 2. The summed E-state index contributed by atoms with van der Waals surface area (Å²) in [6, 6.07) is 19.6. The van der Waals surface area contributed by atoms with Crippen molar-refractivity contribution in [2.75, 3.05) is 0 Å². The number of ketones is 1. The Bertz CT molecular complexity index is 1160. The highest BCUT2D eigenvalue weighted by Crippen LogP contribution is 2.33. The fraction of sp³-hybridized carbons (Fsp3) is 0.130. The van der Waals surface area contributed by atoms with Crippen LogP contribution in [0.2, 0.25) is 5.02 Å². The summed E-state index contributed by atoms with van der Waals surface area (Å²) in [5, 5.41) is 0.709. The van der Waals surface area contributed by atoms with Crippen molar-refractivity contribution in [2.45, 2.75) is 18.8 Å². The van der Waals surface area contributed by atoms with Gasteiger partial charge in [-0.25, -0.2) is 4.98 Å². The Hall–Kier alpha value is -2.91. The molecule has 0 aliphatic heterocycles. The molecule has 5 rings (SSSR count). The lowest BCUT2D eigenvalue weighted by molar-refractivity contribution is 0.0946. The average Bonchev–Trinajstić information content (AvgIpc) is 3.12. The zero-order chi connectivity index (χ0) is 18.4. The second kappa shape index (κ2) is 6.36. The number of hydrogen-bond donors (Lipinski definition) is 0. The number of Topliss-reactive ketones (excluding diaryl/α,β-unsaturated/α-hetero) is 1. The van der Waals surface area contributed by atoms with Crippen LogP contribution < -0.4 is 0 Å². The molecule has 0 spiro atoms. The maximum absolute atomic E-state index is 13.0. The standard InChI is InChI=1S/C23H17ClN2O/c24-18-9-5-16(6-10-18)21-14-26-13-17(8-12-22(26)25-21)20-11-7-15-3-1-2-4-19(15)23(20)27/h1-6,8-10,12-14,20H,7,11H2. The third-order valence-corrected chi connectivity index (χ3v) is 5.57. The molecule has 3 nitrogen and oxygen atoms in total. The zero-order valence-electron chi connectivity index (χ0n) is 14.6. The van der Waals surface area contributed by atoms with E-state index in [1.54, 1.807) is 0 Å². The van der Waals surface area contributed by atoms with Crippen LogP contribution in [0.4, 0.5) is 0 Å². The summed E-state index contributed by atoms with van der Waals surface area (Å²) < 4.78 is 2.01. The van der Waals surface area contributed by atoms with E-state index in [1.165, 1.54) is 0 Å². The van der Waals surface area contributed by atoms with Crippen molar-refractivity contribution < 1.29 is 4.79 Å². The lowest BCUT2D eigenvalue weighted by atomic mass is 9.79. The number of aryl methyl sites for hydroxylation is 1. The monoisotopic (exact) mass is 372 g/mol. The smallest absolute Gasteiger partial charge is 0.170 e. The van der Waals surface area contributed by atoms with E-state index < -0.39 is 0 Å². The molecular weight excluding hydrogens is 356 g/mol. The van der Waals surface area contributed by atoms with Crippen LogP contribution in [-0.4, -0.2) is 15.2 Å². The molecule has 1 aliphatic rings. The van der Waals surface area contributed by atoms with Crippen molar-refractivity contribution in [1.29, 1.82) is 0 Å². The van der Waals surface area contributed by atoms with Gasteiger partial charge in [-0.3, -0.25) is 4.79 Å². The normalized spacial score (nSPS) is 16.5. The van der Waals surface area contributed by atoms with Crippen LogP contribution in [0.15, 0.2) is 73.1 Å². The van der Waals surface area contributed by atoms with Gasteiger partial charge >= 0.3 is 0 Å². The molecule has 0 fully saturated rings. The molecule has 1 unspecified atom stereocenters. The van der Waals surface area contributed by atoms with Crippen LogP contribution >= 0.6 is 11.6 Å². The number of fused-ring (bicyclic) bond motifs is 2. The van der Waals surface area contributed by atoms with Gasteiger partial charge in [0.15, 0.2) is 5.78 Å². The number of nitrogens with zero attached hydrogens (tertiary/aromatic N) is 2. The van der Waals surface area contributed by atoms with Gasteiger partial charge in [0.05, 0.1) is 5.69 Å². The summed E-state index contributed by atoms with van der Waals surface area (Å²) in [7, 11) is 0. The second-order valence-electron chi connectivity index (χ2n) is 6.97. The summed E-state index contributed by atoms with van der Waals surface area (Å²) in [6.45, 7) is 0. The lowest BCUT2D eigenvalue weighted by Gasteiger charge is -2.23. The van der Waals surface area contributed by atoms with Crippen LogP contribution in [0, 0.1) is 0 Å². The van der Waals surface area contributed by atoms with E-state index in [0.717, 1.165) is 46.4 Å². The quantitative estimate of drug-likeness (QED) is 0.461. The zero-order valence-corrected chi connectivity index (χ0v) is 15.4. The molecule has 2 aromatic carbocycles. The number of imidazole rings is 1. The summed E-state index contributed by atoms with van der Waals surface area (Å²) in [4.78, 5) is 17.7. The summed E-state index contributed by atoms with van der Waals surface area (Å²) in [6.07, 6.45) is 5.83. The van der Waals surface area contributed by atoms with Gasteiger partial charge in [-0.2, -0.15) is 0 Å². The van der Waals surface area contributed by atoms with Gasteiger partial charge in [-0.15, -0.1) is 0 Å². The molecule has 132 valence electrons. The molecule has 2 heterocycles. The minimum atomic E-state index is -0.0920. The van der Waals surface area contributed by atoms with E-state index in [9.17, 15) is 4.79 Å². The van der Waals surface area contributed by atoms with Crippen molar-refractivity contribution in [2.24, 2.45) is 0 Å². The first-order chi connectivity index (χ1) is 13.2. The predicted molar refractivity (Wildman–Crippen MR) is 107 cm³/mol. The first-order valence-electron chi connectivity index (χ1n) is 9.06. The number of benzene rings is 2. The Morgan fingerprint density at radius 3 is 2.63 bits per heavy atom. The maximum atomic E-state index is 13.0. The van der Waals surface area contributed by atoms with Gasteiger partial charge in [0, 0.05) is 34.5 Å². The largest absolute Gasteiger partial charge is 0.306 e. The van der Waals surface area contributed by atoms with Crippen LogP contribution in [0.3, 0.4) is 0 Å². The molecule has 4 heteroatoms. The van der Waals surface area contributed by atoms with Gasteiger partial charge in [0.25, 0.3) is 0 Å². The van der Waals surface area contributed by atoms with E-state index in [2.05, 4.69) is 11.1 Å². The number of rotatable bonds is 2. The fourth-order valence-electron chi connectivity index (χ4n) is 3.89. The van der Waals surface area contributed by atoms with E-state index in [1.807, 2.05) is 71.4 Å². The van der Waals surface area contributed by atoms with Crippen molar-refractivity contribution in [3.05, 3.63) is 94.8 Å². The summed E-state index contributed by atoms with van der Waals surface area (Å²) >= 11 is 5.98. The fourth-order valence-corrected chi connectivity index (χ4v) is 4.02.